The van der Waals surface area contributed by atoms with E-state index in [9.17, 15) is 0 Å². The van der Waals surface area contributed by atoms with E-state index in [4.69, 9.17) is 17.3 Å². The Morgan fingerprint density at radius 1 is 1.33 bits per heavy atom. The molecule has 3 heteroatoms. The summed E-state index contributed by atoms with van der Waals surface area (Å²) in [5.41, 5.74) is 7.65. The van der Waals surface area contributed by atoms with E-state index in [0.717, 1.165) is 35.6 Å². The molecular formula is C15H23ClN2. The average molecular weight is 267 g/mol. The number of hydrogen-bond acceptors (Lipinski definition) is 2. The standard InChI is InChI=1S/C15H23ClN2/c1-10-6-11(2)12(3)18(8-10)9-13-4-5-14(17)7-15(13)16/h4-5,7,10-12H,6,8-9,17H2,1-3H3. The monoisotopic (exact) mass is 266 g/mol. The number of rotatable bonds is 2. The minimum absolute atomic E-state index is 0.620. The molecule has 1 aliphatic heterocycles. The van der Waals surface area contributed by atoms with Crippen molar-refractivity contribution in [1.82, 2.24) is 4.90 Å². The summed E-state index contributed by atoms with van der Waals surface area (Å²) in [5.74, 6) is 1.52. The molecule has 0 aromatic heterocycles. The van der Waals surface area contributed by atoms with Crippen molar-refractivity contribution < 1.29 is 0 Å². The number of anilines is 1. The van der Waals surface area contributed by atoms with E-state index in [2.05, 4.69) is 25.7 Å². The zero-order chi connectivity index (χ0) is 13.3. The molecule has 3 unspecified atom stereocenters. The second-order valence-corrected chi connectivity index (χ2v) is 6.25. The fourth-order valence-corrected chi connectivity index (χ4v) is 3.20. The molecule has 1 saturated heterocycles. The van der Waals surface area contributed by atoms with Crippen LogP contribution in [0.4, 0.5) is 5.69 Å². The third-order valence-corrected chi connectivity index (χ3v) is 4.52. The summed E-state index contributed by atoms with van der Waals surface area (Å²) >= 11 is 6.26. The van der Waals surface area contributed by atoms with Gasteiger partial charge in [0.1, 0.15) is 0 Å². The van der Waals surface area contributed by atoms with Crippen molar-refractivity contribution in [2.24, 2.45) is 11.8 Å². The molecule has 18 heavy (non-hydrogen) atoms. The number of likely N-dealkylation sites (tertiary alicyclic amines) is 1. The number of benzene rings is 1. The van der Waals surface area contributed by atoms with E-state index in [1.54, 1.807) is 0 Å². The van der Waals surface area contributed by atoms with Gasteiger partial charge < -0.3 is 5.73 Å². The summed E-state index contributed by atoms with van der Waals surface area (Å²) in [6, 6.07) is 6.45. The van der Waals surface area contributed by atoms with Gasteiger partial charge in [-0.15, -0.1) is 0 Å². The summed E-state index contributed by atoms with van der Waals surface area (Å²) in [7, 11) is 0. The van der Waals surface area contributed by atoms with Gasteiger partial charge in [-0.1, -0.05) is 31.5 Å². The molecule has 2 N–H and O–H groups in total. The molecule has 0 saturated carbocycles. The van der Waals surface area contributed by atoms with Crippen LogP contribution in [0.25, 0.3) is 0 Å². The zero-order valence-corrected chi connectivity index (χ0v) is 12.2. The highest BCUT2D eigenvalue weighted by Crippen LogP contribution is 2.29. The molecule has 1 fully saturated rings. The van der Waals surface area contributed by atoms with E-state index < -0.39 is 0 Å². The first-order chi connectivity index (χ1) is 8.47. The highest BCUT2D eigenvalue weighted by molar-refractivity contribution is 6.31. The average Bonchev–Trinajstić information content (AvgIpc) is 2.29. The number of nitrogen functional groups attached to an aromatic ring is 1. The normalized spacial score (nSPS) is 29.4. The molecular weight excluding hydrogens is 244 g/mol. The topological polar surface area (TPSA) is 29.3 Å². The van der Waals surface area contributed by atoms with Crippen LogP contribution in [0.2, 0.25) is 5.02 Å². The highest BCUT2D eigenvalue weighted by atomic mass is 35.5. The van der Waals surface area contributed by atoms with Crippen LogP contribution >= 0.6 is 11.6 Å². The summed E-state index contributed by atoms with van der Waals surface area (Å²) in [4.78, 5) is 2.54. The van der Waals surface area contributed by atoms with Crippen molar-refractivity contribution in [2.75, 3.05) is 12.3 Å². The Morgan fingerprint density at radius 3 is 2.72 bits per heavy atom. The highest BCUT2D eigenvalue weighted by Gasteiger charge is 2.28. The Kier molecular flexibility index (Phi) is 4.18. The third-order valence-electron chi connectivity index (χ3n) is 4.17. The first kappa shape index (κ1) is 13.7. The molecule has 3 atom stereocenters. The lowest BCUT2D eigenvalue weighted by Gasteiger charge is -2.41. The number of piperidine rings is 1. The predicted molar refractivity (Wildman–Crippen MR) is 78.7 cm³/mol. The van der Waals surface area contributed by atoms with Crippen LogP contribution in [0, 0.1) is 11.8 Å². The van der Waals surface area contributed by atoms with Crippen molar-refractivity contribution >= 4 is 17.3 Å². The van der Waals surface area contributed by atoms with Gasteiger partial charge in [0.25, 0.3) is 0 Å². The van der Waals surface area contributed by atoms with Gasteiger partial charge >= 0.3 is 0 Å². The second kappa shape index (κ2) is 5.50. The predicted octanol–water partition coefficient (Wildman–Crippen LogP) is 3.79. The molecule has 1 heterocycles. The van der Waals surface area contributed by atoms with Crippen molar-refractivity contribution in [3.63, 3.8) is 0 Å². The maximum atomic E-state index is 6.26. The molecule has 0 bridgehead atoms. The van der Waals surface area contributed by atoms with Crippen LogP contribution < -0.4 is 5.73 Å². The van der Waals surface area contributed by atoms with Gasteiger partial charge in [0, 0.05) is 29.8 Å². The molecule has 1 aromatic carbocycles. The van der Waals surface area contributed by atoms with Crippen molar-refractivity contribution in [2.45, 2.75) is 39.8 Å². The van der Waals surface area contributed by atoms with E-state index in [-0.39, 0.29) is 0 Å². The van der Waals surface area contributed by atoms with Gasteiger partial charge in [-0.3, -0.25) is 4.90 Å². The number of halogens is 1. The number of nitrogens with two attached hydrogens (primary N) is 1. The molecule has 2 rings (SSSR count). The van der Waals surface area contributed by atoms with E-state index in [1.165, 1.54) is 12.0 Å². The lowest BCUT2D eigenvalue weighted by molar-refractivity contribution is 0.0730. The summed E-state index contributed by atoms with van der Waals surface area (Å²) in [6.07, 6.45) is 1.33. The summed E-state index contributed by atoms with van der Waals surface area (Å²) in [5, 5.41) is 0.785. The molecule has 2 nitrogen and oxygen atoms in total. The van der Waals surface area contributed by atoms with E-state index in [1.807, 2.05) is 18.2 Å². The summed E-state index contributed by atoms with van der Waals surface area (Å²) < 4.78 is 0. The smallest absolute Gasteiger partial charge is 0.0471 e. The maximum Gasteiger partial charge on any atom is 0.0471 e. The van der Waals surface area contributed by atoms with Gasteiger partial charge in [-0.2, -0.15) is 0 Å². The Hall–Kier alpha value is -0.730. The van der Waals surface area contributed by atoms with Gasteiger partial charge in [-0.05, 0) is 42.9 Å². The molecule has 1 aliphatic rings. The third kappa shape index (κ3) is 2.99. The van der Waals surface area contributed by atoms with Crippen molar-refractivity contribution in [3.8, 4) is 0 Å². The van der Waals surface area contributed by atoms with E-state index in [0.29, 0.717) is 6.04 Å². The van der Waals surface area contributed by atoms with Crippen LogP contribution in [0.15, 0.2) is 18.2 Å². The van der Waals surface area contributed by atoms with Crippen LogP contribution in [0.3, 0.4) is 0 Å². The van der Waals surface area contributed by atoms with Crippen LogP contribution in [-0.4, -0.2) is 17.5 Å². The lowest BCUT2D eigenvalue weighted by atomic mass is 9.86. The molecule has 100 valence electrons. The maximum absolute atomic E-state index is 6.26. The second-order valence-electron chi connectivity index (χ2n) is 5.84. The van der Waals surface area contributed by atoms with Crippen LogP contribution in [0.1, 0.15) is 32.8 Å². The van der Waals surface area contributed by atoms with Crippen LogP contribution in [-0.2, 0) is 6.54 Å². The fraction of sp³-hybridized carbons (Fsp3) is 0.600. The van der Waals surface area contributed by atoms with Gasteiger partial charge in [0.05, 0.1) is 0 Å². The van der Waals surface area contributed by atoms with E-state index >= 15 is 0 Å². The molecule has 0 aliphatic carbocycles. The molecule has 0 radical (unpaired) electrons. The largest absolute Gasteiger partial charge is 0.399 e. The Bertz CT molecular complexity index is 419. The Morgan fingerprint density at radius 2 is 2.06 bits per heavy atom. The first-order valence-electron chi connectivity index (χ1n) is 6.75. The van der Waals surface area contributed by atoms with Gasteiger partial charge in [-0.25, -0.2) is 0 Å². The Balaban J connectivity index is 2.12. The molecule has 0 amide bonds. The number of nitrogens with zero attached hydrogens (tertiary/aromatic N) is 1. The zero-order valence-electron chi connectivity index (χ0n) is 11.5. The lowest BCUT2D eigenvalue weighted by Crippen LogP contribution is -2.45. The number of hydrogen-bond donors (Lipinski definition) is 1. The molecule has 1 aromatic rings. The SMILES string of the molecule is CC1CC(C)C(C)N(Cc2ccc(N)cc2Cl)C1. The minimum atomic E-state index is 0.620. The van der Waals surface area contributed by atoms with Crippen molar-refractivity contribution in [3.05, 3.63) is 28.8 Å². The van der Waals surface area contributed by atoms with Crippen LogP contribution in [0.5, 0.6) is 0 Å². The first-order valence-corrected chi connectivity index (χ1v) is 7.13. The summed E-state index contributed by atoms with van der Waals surface area (Å²) in [6.45, 7) is 9.08. The quantitative estimate of drug-likeness (QED) is 0.826. The minimum Gasteiger partial charge on any atom is -0.399 e. The van der Waals surface area contributed by atoms with Gasteiger partial charge in [0.2, 0.25) is 0 Å². The van der Waals surface area contributed by atoms with Gasteiger partial charge in [0.15, 0.2) is 0 Å². The molecule has 0 spiro atoms. The fourth-order valence-electron chi connectivity index (χ4n) is 2.95. The van der Waals surface area contributed by atoms with Crippen molar-refractivity contribution in [1.29, 1.82) is 0 Å². The Labute approximate surface area is 115 Å².